The summed E-state index contributed by atoms with van der Waals surface area (Å²) in [5.74, 6) is 0.0483. The first kappa shape index (κ1) is 20.8. The Morgan fingerprint density at radius 3 is 2.61 bits per heavy atom. The fourth-order valence-electron chi connectivity index (χ4n) is 4.06. The summed E-state index contributed by atoms with van der Waals surface area (Å²) in [6, 6.07) is 8.87. The number of rotatable bonds is 6. The van der Waals surface area contributed by atoms with Crippen molar-refractivity contribution in [2.45, 2.75) is 38.1 Å². The second kappa shape index (κ2) is 9.05. The first-order chi connectivity index (χ1) is 13.3. The Labute approximate surface area is 167 Å². The molecule has 3 rings (SSSR count). The molecule has 7 nitrogen and oxygen atoms in total. The van der Waals surface area contributed by atoms with E-state index >= 15 is 0 Å². The van der Waals surface area contributed by atoms with Gasteiger partial charge in [0.1, 0.15) is 6.04 Å². The molecule has 0 aliphatic carbocycles. The van der Waals surface area contributed by atoms with Gasteiger partial charge in [0, 0.05) is 32.6 Å². The molecule has 2 fully saturated rings. The second-order valence-corrected chi connectivity index (χ2v) is 9.60. The SMILES string of the molecule is CS(=O)(=O)NCC1CCCN(C(=O)C(c2ccccc2)N2CCCCC2=O)C1. The number of likely N-dealkylation sites (tertiary alicyclic amines) is 2. The smallest absolute Gasteiger partial charge is 0.250 e. The van der Waals surface area contributed by atoms with Crippen molar-refractivity contribution in [3.05, 3.63) is 35.9 Å². The highest BCUT2D eigenvalue weighted by Gasteiger charge is 2.36. The number of amides is 2. The number of benzene rings is 1. The van der Waals surface area contributed by atoms with Crippen LogP contribution in [0.2, 0.25) is 0 Å². The maximum atomic E-state index is 13.5. The zero-order chi connectivity index (χ0) is 20.1. The summed E-state index contributed by atoms with van der Waals surface area (Å²) in [6.07, 6.45) is 5.11. The van der Waals surface area contributed by atoms with Crippen molar-refractivity contribution in [3.8, 4) is 0 Å². The van der Waals surface area contributed by atoms with E-state index in [4.69, 9.17) is 0 Å². The summed E-state index contributed by atoms with van der Waals surface area (Å²) < 4.78 is 25.3. The van der Waals surface area contributed by atoms with Gasteiger partial charge in [-0.3, -0.25) is 9.59 Å². The highest BCUT2D eigenvalue weighted by molar-refractivity contribution is 7.88. The van der Waals surface area contributed by atoms with Gasteiger partial charge in [0.15, 0.2) is 0 Å². The van der Waals surface area contributed by atoms with E-state index in [1.54, 1.807) is 9.80 Å². The third-order valence-corrected chi connectivity index (χ3v) is 6.18. The van der Waals surface area contributed by atoms with Gasteiger partial charge in [0.2, 0.25) is 21.8 Å². The van der Waals surface area contributed by atoms with Crippen molar-refractivity contribution in [2.75, 3.05) is 32.4 Å². The first-order valence-electron chi connectivity index (χ1n) is 9.93. The number of piperidine rings is 2. The largest absolute Gasteiger partial charge is 0.340 e. The zero-order valence-corrected chi connectivity index (χ0v) is 17.2. The summed E-state index contributed by atoms with van der Waals surface area (Å²) in [5.41, 5.74) is 0.833. The molecule has 2 atom stereocenters. The quantitative estimate of drug-likeness (QED) is 0.775. The van der Waals surface area contributed by atoms with Gasteiger partial charge in [-0.2, -0.15) is 0 Å². The van der Waals surface area contributed by atoms with Gasteiger partial charge in [-0.25, -0.2) is 13.1 Å². The van der Waals surface area contributed by atoms with Gasteiger partial charge in [0.25, 0.3) is 0 Å². The number of sulfonamides is 1. The Hall–Kier alpha value is -1.93. The van der Waals surface area contributed by atoms with Crippen LogP contribution < -0.4 is 4.72 Å². The minimum atomic E-state index is -3.25. The lowest BCUT2D eigenvalue weighted by Crippen LogP contribution is -2.50. The van der Waals surface area contributed by atoms with Crippen LogP contribution in [0.15, 0.2) is 30.3 Å². The molecule has 2 aliphatic rings. The predicted molar refractivity (Wildman–Crippen MR) is 107 cm³/mol. The summed E-state index contributed by atoms with van der Waals surface area (Å²) in [7, 11) is -3.25. The lowest BCUT2D eigenvalue weighted by Gasteiger charge is -2.39. The molecular weight excluding hydrogens is 378 g/mol. The van der Waals surface area contributed by atoms with Crippen LogP contribution in [0.1, 0.15) is 43.7 Å². The molecule has 1 N–H and O–H groups in total. The molecule has 2 aliphatic heterocycles. The van der Waals surface area contributed by atoms with E-state index in [1.165, 1.54) is 0 Å². The van der Waals surface area contributed by atoms with Gasteiger partial charge < -0.3 is 9.80 Å². The summed E-state index contributed by atoms with van der Waals surface area (Å²) in [5, 5.41) is 0. The van der Waals surface area contributed by atoms with E-state index < -0.39 is 16.1 Å². The Morgan fingerprint density at radius 2 is 1.93 bits per heavy atom. The van der Waals surface area contributed by atoms with Crippen molar-refractivity contribution in [1.29, 1.82) is 0 Å². The fraction of sp³-hybridized carbons (Fsp3) is 0.600. The van der Waals surface area contributed by atoms with Crippen LogP contribution in [0.4, 0.5) is 0 Å². The first-order valence-corrected chi connectivity index (χ1v) is 11.8. The van der Waals surface area contributed by atoms with Crippen LogP contribution in [0, 0.1) is 5.92 Å². The van der Waals surface area contributed by atoms with Gasteiger partial charge in [-0.05, 0) is 37.2 Å². The van der Waals surface area contributed by atoms with Crippen molar-refractivity contribution >= 4 is 21.8 Å². The van der Waals surface area contributed by atoms with E-state index in [0.717, 1.165) is 37.5 Å². The molecule has 28 heavy (non-hydrogen) atoms. The predicted octanol–water partition coefficient (Wildman–Crippen LogP) is 1.53. The number of nitrogens with one attached hydrogen (secondary N) is 1. The standard InChI is InChI=1S/C20H29N3O4S/c1-28(26,27)21-14-16-8-7-12-22(15-16)20(25)19(17-9-3-2-4-10-17)23-13-6-5-11-18(23)24/h2-4,9-10,16,19,21H,5-8,11-15H2,1H3. The number of nitrogens with zero attached hydrogens (tertiary/aromatic N) is 2. The molecule has 1 aromatic rings. The maximum absolute atomic E-state index is 13.5. The van der Waals surface area contributed by atoms with Crippen LogP contribution in [-0.2, 0) is 19.6 Å². The fourth-order valence-corrected chi connectivity index (χ4v) is 4.60. The Kier molecular flexibility index (Phi) is 6.72. The number of carbonyl (C=O) groups excluding carboxylic acids is 2. The van der Waals surface area contributed by atoms with E-state index in [-0.39, 0.29) is 17.7 Å². The van der Waals surface area contributed by atoms with E-state index in [2.05, 4.69) is 4.72 Å². The third-order valence-electron chi connectivity index (χ3n) is 5.49. The van der Waals surface area contributed by atoms with E-state index in [1.807, 2.05) is 30.3 Å². The Balaban J connectivity index is 1.77. The molecule has 2 amide bonds. The molecule has 0 aromatic heterocycles. The highest BCUT2D eigenvalue weighted by Crippen LogP contribution is 2.29. The lowest BCUT2D eigenvalue weighted by molar-refractivity contribution is -0.148. The Morgan fingerprint density at radius 1 is 1.18 bits per heavy atom. The van der Waals surface area contributed by atoms with Crippen LogP contribution in [0.25, 0.3) is 0 Å². The molecule has 8 heteroatoms. The summed E-state index contributed by atoms with van der Waals surface area (Å²) >= 11 is 0. The third kappa shape index (κ3) is 5.32. The average Bonchev–Trinajstić information content (AvgIpc) is 2.68. The maximum Gasteiger partial charge on any atom is 0.250 e. The van der Waals surface area contributed by atoms with Crippen LogP contribution in [0.5, 0.6) is 0 Å². The number of hydrogen-bond acceptors (Lipinski definition) is 4. The van der Waals surface area contributed by atoms with Crippen molar-refractivity contribution in [2.24, 2.45) is 5.92 Å². The van der Waals surface area contributed by atoms with E-state index in [0.29, 0.717) is 32.6 Å². The molecular formula is C20H29N3O4S. The molecule has 0 spiro atoms. The Bertz CT molecular complexity index is 797. The molecule has 2 heterocycles. The van der Waals surface area contributed by atoms with Crippen molar-refractivity contribution in [1.82, 2.24) is 14.5 Å². The summed E-state index contributed by atoms with van der Waals surface area (Å²) in [6.45, 7) is 2.07. The monoisotopic (exact) mass is 407 g/mol. The normalized spacial score (nSPS) is 22.2. The topological polar surface area (TPSA) is 86.8 Å². The molecule has 154 valence electrons. The summed E-state index contributed by atoms with van der Waals surface area (Å²) in [4.78, 5) is 29.6. The number of hydrogen-bond donors (Lipinski definition) is 1. The minimum Gasteiger partial charge on any atom is -0.340 e. The second-order valence-electron chi connectivity index (χ2n) is 7.77. The lowest BCUT2D eigenvalue weighted by atomic mass is 9.95. The molecule has 0 saturated carbocycles. The molecule has 2 saturated heterocycles. The minimum absolute atomic E-state index is 0.0285. The average molecular weight is 408 g/mol. The van der Waals surface area contributed by atoms with Gasteiger partial charge in [0.05, 0.1) is 6.26 Å². The van der Waals surface area contributed by atoms with E-state index in [9.17, 15) is 18.0 Å². The highest BCUT2D eigenvalue weighted by atomic mass is 32.2. The van der Waals surface area contributed by atoms with Gasteiger partial charge >= 0.3 is 0 Å². The van der Waals surface area contributed by atoms with Crippen molar-refractivity contribution < 1.29 is 18.0 Å². The number of carbonyl (C=O) groups is 2. The molecule has 1 aromatic carbocycles. The van der Waals surface area contributed by atoms with Crippen molar-refractivity contribution in [3.63, 3.8) is 0 Å². The molecule has 2 unspecified atom stereocenters. The molecule has 0 bridgehead atoms. The van der Waals surface area contributed by atoms with Crippen LogP contribution >= 0.6 is 0 Å². The zero-order valence-electron chi connectivity index (χ0n) is 16.3. The van der Waals surface area contributed by atoms with Crippen LogP contribution in [-0.4, -0.2) is 62.5 Å². The molecule has 0 radical (unpaired) electrons. The van der Waals surface area contributed by atoms with Gasteiger partial charge in [-0.15, -0.1) is 0 Å². The van der Waals surface area contributed by atoms with Crippen LogP contribution in [0.3, 0.4) is 0 Å². The van der Waals surface area contributed by atoms with Gasteiger partial charge in [-0.1, -0.05) is 30.3 Å².